The van der Waals surface area contributed by atoms with Gasteiger partial charge in [-0.05, 0) is 47.0 Å². The van der Waals surface area contributed by atoms with Crippen LogP contribution >= 0.6 is 0 Å². The average Bonchev–Trinajstić information content (AvgIpc) is 3.17. The van der Waals surface area contributed by atoms with Crippen LogP contribution in [0.15, 0.2) is 0 Å². The third-order valence-corrected chi connectivity index (χ3v) is 4.12. The first-order chi connectivity index (χ1) is 10.1. The van der Waals surface area contributed by atoms with Crippen LogP contribution in [0.2, 0.25) is 0 Å². The summed E-state index contributed by atoms with van der Waals surface area (Å²) in [6.45, 7) is 8.63. The fourth-order valence-corrected chi connectivity index (χ4v) is 2.54. The molecule has 1 aliphatic carbocycles. The summed E-state index contributed by atoms with van der Waals surface area (Å²) >= 11 is 0. The van der Waals surface area contributed by atoms with Gasteiger partial charge in [0.2, 0.25) is 5.91 Å². The van der Waals surface area contributed by atoms with Crippen molar-refractivity contribution in [3.8, 4) is 0 Å². The van der Waals surface area contributed by atoms with E-state index in [1.54, 1.807) is 9.80 Å². The summed E-state index contributed by atoms with van der Waals surface area (Å²) in [6, 6.07) is 0.394. The smallest absolute Gasteiger partial charge is 0.410 e. The lowest BCUT2D eigenvalue weighted by atomic mass is 10.1. The number of carbonyl (C=O) groups is 2. The number of amides is 2. The van der Waals surface area contributed by atoms with Gasteiger partial charge >= 0.3 is 6.09 Å². The molecule has 0 bridgehead atoms. The molecule has 22 heavy (non-hydrogen) atoms. The second-order valence-corrected chi connectivity index (χ2v) is 7.63. The van der Waals surface area contributed by atoms with Gasteiger partial charge in [-0.1, -0.05) is 0 Å². The largest absolute Gasteiger partial charge is 0.444 e. The van der Waals surface area contributed by atoms with Gasteiger partial charge in [-0.2, -0.15) is 0 Å². The molecule has 0 N–H and O–H groups in total. The standard InChI is InChI=1S/C16H28N2O4/c1-15(2,3)22-14(20)18-9-8-16(4,11-18)21-10-13(19)17(5)12-6-7-12/h12H,6-11H2,1-5H3. The summed E-state index contributed by atoms with van der Waals surface area (Å²) in [5.74, 6) is 0.0134. The number of likely N-dealkylation sites (N-methyl/N-ethyl adjacent to an activating group) is 1. The molecule has 1 saturated heterocycles. The summed E-state index contributed by atoms with van der Waals surface area (Å²) in [4.78, 5) is 27.5. The molecule has 0 spiro atoms. The molecule has 0 aromatic carbocycles. The van der Waals surface area contributed by atoms with Crippen LogP contribution < -0.4 is 0 Å². The number of hydrogen-bond donors (Lipinski definition) is 0. The molecule has 6 nitrogen and oxygen atoms in total. The van der Waals surface area contributed by atoms with Crippen LogP contribution in [-0.4, -0.2) is 65.8 Å². The van der Waals surface area contributed by atoms with Crippen molar-refractivity contribution in [1.29, 1.82) is 0 Å². The van der Waals surface area contributed by atoms with E-state index in [9.17, 15) is 9.59 Å². The third kappa shape index (κ3) is 4.60. The molecule has 1 atom stereocenters. The minimum absolute atomic E-state index is 0.0134. The van der Waals surface area contributed by atoms with E-state index in [2.05, 4.69) is 0 Å². The third-order valence-electron chi connectivity index (χ3n) is 4.12. The predicted molar refractivity (Wildman–Crippen MR) is 82.6 cm³/mol. The summed E-state index contributed by atoms with van der Waals surface area (Å²) < 4.78 is 11.2. The minimum atomic E-state index is -0.500. The minimum Gasteiger partial charge on any atom is -0.444 e. The van der Waals surface area contributed by atoms with Gasteiger partial charge in [-0.25, -0.2) is 4.79 Å². The SMILES string of the molecule is CN(C(=O)COC1(C)CCN(C(=O)OC(C)(C)C)C1)C1CC1. The Morgan fingerprint density at radius 2 is 1.95 bits per heavy atom. The number of nitrogens with zero attached hydrogens (tertiary/aromatic N) is 2. The van der Waals surface area contributed by atoms with Gasteiger partial charge in [-0.15, -0.1) is 0 Å². The predicted octanol–water partition coefficient (Wildman–Crippen LogP) is 2.02. The van der Waals surface area contributed by atoms with Crippen molar-refractivity contribution in [2.45, 2.75) is 64.2 Å². The summed E-state index contributed by atoms with van der Waals surface area (Å²) in [6.07, 6.45) is 2.58. The monoisotopic (exact) mass is 312 g/mol. The van der Waals surface area contributed by atoms with E-state index in [0.29, 0.717) is 25.6 Å². The highest BCUT2D eigenvalue weighted by Crippen LogP contribution is 2.28. The van der Waals surface area contributed by atoms with Gasteiger partial charge in [0.15, 0.2) is 0 Å². The lowest BCUT2D eigenvalue weighted by Crippen LogP contribution is -2.41. The molecule has 1 heterocycles. The molecule has 2 fully saturated rings. The quantitative estimate of drug-likeness (QED) is 0.797. The van der Waals surface area contributed by atoms with Gasteiger partial charge in [0, 0.05) is 19.6 Å². The highest BCUT2D eigenvalue weighted by molar-refractivity contribution is 5.77. The Kier molecular flexibility index (Phi) is 4.70. The average molecular weight is 312 g/mol. The van der Waals surface area contributed by atoms with Crippen LogP contribution in [0.4, 0.5) is 4.79 Å². The Hall–Kier alpha value is -1.30. The lowest BCUT2D eigenvalue weighted by molar-refractivity contribution is -0.141. The second kappa shape index (κ2) is 6.07. The van der Waals surface area contributed by atoms with E-state index < -0.39 is 11.2 Å². The molecule has 126 valence electrons. The van der Waals surface area contributed by atoms with Gasteiger partial charge in [-0.3, -0.25) is 4.79 Å². The lowest BCUT2D eigenvalue weighted by Gasteiger charge is -2.28. The van der Waals surface area contributed by atoms with Crippen molar-refractivity contribution in [2.24, 2.45) is 0 Å². The van der Waals surface area contributed by atoms with Crippen molar-refractivity contribution >= 4 is 12.0 Å². The Morgan fingerprint density at radius 1 is 1.32 bits per heavy atom. The van der Waals surface area contributed by atoms with E-state index in [4.69, 9.17) is 9.47 Å². The molecule has 6 heteroatoms. The highest BCUT2D eigenvalue weighted by atomic mass is 16.6. The zero-order valence-corrected chi connectivity index (χ0v) is 14.3. The van der Waals surface area contributed by atoms with Crippen molar-refractivity contribution < 1.29 is 19.1 Å². The molecule has 1 saturated carbocycles. The maximum absolute atomic E-state index is 12.1. The van der Waals surface area contributed by atoms with Crippen molar-refractivity contribution in [3.63, 3.8) is 0 Å². The second-order valence-electron chi connectivity index (χ2n) is 7.63. The molecule has 0 radical (unpaired) electrons. The molecule has 2 aliphatic rings. The molecule has 2 amide bonds. The molecular weight excluding hydrogens is 284 g/mol. The van der Waals surface area contributed by atoms with Gasteiger partial charge in [0.1, 0.15) is 12.2 Å². The van der Waals surface area contributed by atoms with Gasteiger partial charge in [0.05, 0.1) is 12.1 Å². The van der Waals surface area contributed by atoms with Crippen molar-refractivity contribution in [3.05, 3.63) is 0 Å². The van der Waals surface area contributed by atoms with Crippen LogP contribution in [0, 0.1) is 0 Å². The van der Waals surface area contributed by atoms with Gasteiger partial charge < -0.3 is 19.3 Å². The van der Waals surface area contributed by atoms with E-state index in [1.165, 1.54) is 0 Å². The zero-order valence-electron chi connectivity index (χ0n) is 14.3. The summed E-state index contributed by atoms with van der Waals surface area (Å²) in [5.41, 5.74) is -0.975. The molecule has 1 unspecified atom stereocenters. The summed E-state index contributed by atoms with van der Waals surface area (Å²) in [7, 11) is 1.83. The molecule has 0 aromatic heterocycles. The van der Waals surface area contributed by atoms with Crippen LogP contribution in [0.3, 0.4) is 0 Å². The first-order valence-corrected chi connectivity index (χ1v) is 7.97. The maximum atomic E-state index is 12.1. The normalized spacial score (nSPS) is 25.2. The summed E-state index contributed by atoms with van der Waals surface area (Å²) in [5, 5.41) is 0. The first-order valence-electron chi connectivity index (χ1n) is 7.97. The molecular formula is C16H28N2O4. The molecule has 1 aliphatic heterocycles. The number of rotatable bonds is 4. The van der Waals surface area contributed by atoms with Gasteiger partial charge in [0.25, 0.3) is 0 Å². The van der Waals surface area contributed by atoms with E-state index in [1.807, 2.05) is 34.7 Å². The number of likely N-dealkylation sites (tertiary alicyclic amines) is 1. The number of hydrogen-bond acceptors (Lipinski definition) is 4. The molecule has 2 rings (SSSR count). The first kappa shape index (κ1) is 17.1. The Bertz CT molecular complexity index is 442. The van der Waals surface area contributed by atoms with Crippen LogP contribution in [0.1, 0.15) is 47.0 Å². The van der Waals surface area contributed by atoms with Crippen molar-refractivity contribution in [2.75, 3.05) is 26.7 Å². The van der Waals surface area contributed by atoms with E-state index in [-0.39, 0.29) is 18.6 Å². The van der Waals surface area contributed by atoms with E-state index in [0.717, 1.165) is 12.8 Å². The Morgan fingerprint density at radius 3 is 2.50 bits per heavy atom. The van der Waals surface area contributed by atoms with E-state index >= 15 is 0 Å². The Labute approximate surface area is 132 Å². The highest BCUT2D eigenvalue weighted by Gasteiger charge is 2.39. The van der Waals surface area contributed by atoms with Crippen LogP contribution in [0.5, 0.6) is 0 Å². The van der Waals surface area contributed by atoms with Crippen molar-refractivity contribution in [1.82, 2.24) is 9.80 Å². The topological polar surface area (TPSA) is 59.1 Å². The fraction of sp³-hybridized carbons (Fsp3) is 0.875. The fourth-order valence-electron chi connectivity index (χ4n) is 2.54. The Balaban J connectivity index is 1.80. The number of carbonyl (C=O) groups excluding carboxylic acids is 2. The number of ether oxygens (including phenoxy) is 2. The van der Waals surface area contributed by atoms with Crippen LogP contribution in [0.25, 0.3) is 0 Å². The maximum Gasteiger partial charge on any atom is 0.410 e. The molecule has 0 aromatic rings. The van der Waals surface area contributed by atoms with Crippen LogP contribution in [-0.2, 0) is 14.3 Å². The zero-order chi connectivity index (χ0) is 16.5.